The lowest BCUT2D eigenvalue weighted by molar-refractivity contribution is -0.115. The van der Waals surface area contributed by atoms with E-state index in [9.17, 15) is 9.59 Å². The third kappa shape index (κ3) is 6.54. The van der Waals surface area contributed by atoms with Crippen LogP contribution in [-0.2, 0) is 20.9 Å². The van der Waals surface area contributed by atoms with E-state index in [1.807, 2.05) is 55.5 Å². The second kappa shape index (κ2) is 9.99. The minimum Gasteiger partial charge on any atom is -0.380 e. The Bertz CT molecular complexity index is 747. The van der Waals surface area contributed by atoms with E-state index in [2.05, 4.69) is 10.6 Å². The highest BCUT2D eigenvalue weighted by Gasteiger charge is 2.15. The summed E-state index contributed by atoms with van der Waals surface area (Å²) in [5.74, 6) is -0.0417. The largest absolute Gasteiger partial charge is 0.380 e. The maximum absolute atomic E-state index is 12.3. The number of hydrogen-bond acceptors (Lipinski definition) is 4. The van der Waals surface area contributed by atoms with E-state index in [-0.39, 0.29) is 22.8 Å². The van der Waals surface area contributed by atoms with Crippen LogP contribution in [0.3, 0.4) is 0 Å². The van der Waals surface area contributed by atoms with Gasteiger partial charge in [0.2, 0.25) is 11.8 Å². The summed E-state index contributed by atoms with van der Waals surface area (Å²) in [6.07, 6.45) is 0. The van der Waals surface area contributed by atoms with Gasteiger partial charge in [-0.1, -0.05) is 29.8 Å². The van der Waals surface area contributed by atoms with Gasteiger partial charge >= 0.3 is 0 Å². The zero-order valence-corrected chi connectivity index (χ0v) is 16.1. The molecule has 2 N–H and O–H groups in total. The highest BCUT2D eigenvalue weighted by atomic mass is 32.2. The van der Waals surface area contributed by atoms with Crippen LogP contribution < -0.4 is 10.6 Å². The van der Waals surface area contributed by atoms with Crippen molar-refractivity contribution in [2.24, 2.45) is 0 Å². The van der Waals surface area contributed by atoms with Gasteiger partial charge in [0.05, 0.1) is 17.6 Å². The number of carbonyl (C=O) groups excluding carboxylic acids is 2. The third-order valence-electron chi connectivity index (χ3n) is 3.67. The average molecular weight is 372 g/mol. The van der Waals surface area contributed by atoms with Crippen molar-refractivity contribution < 1.29 is 14.3 Å². The smallest absolute Gasteiger partial charge is 0.237 e. The highest BCUT2D eigenvalue weighted by molar-refractivity contribution is 8.01. The first-order valence-electron chi connectivity index (χ1n) is 8.35. The van der Waals surface area contributed by atoms with Crippen LogP contribution in [0.15, 0.2) is 48.5 Å². The molecule has 1 unspecified atom stereocenters. The summed E-state index contributed by atoms with van der Waals surface area (Å²) in [6, 6.07) is 15.1. The Labute approximate surface area is 158 Å². The Morgan fingerprint density at radius 3 is 2.50 bits per heavy atom. The first-order chi connectivity index (χ1) is 12.5. The van der Waals surface area contributed by atoms with Crippen LogP contribution in [0.25, 0.3) is 0 Å². The normalized spacial score (nSPS) is 11.7. The van der Waals surface area contributed by atoms with E-state index in [0.29, 0.717) is 6.61 Å². The van der Waals surface area contributed by atoms with E-state index < -0.39 is 0 Å². The minimum atomic E-state index is -0.343. The van der Waals surface area contributed by atoms with Gasteiger partial charge in [-0.2, -0.15) is 0 Å². The molecule has 2 aromatic rings. The number of benzene rings is 2. The number of methoxy groups -OCH3 is 1. The molecule has 0 radical (unpaired) electrons. The number of ether oxygens (including phenoxy) is 1. The molecule has 0 bridgehead atoms. The van der Waals surface area contributed by atoms with Gasteiger partial charge in [-0.3, -0.25) is 9.59 Å². The summed E-state index contributed by atoms with van der Waals surface area (Å²) in [6.45, 7) is 4.28. The Morgan fingerprint density at radius 1 is 1.08 bits per heavy atom. The molecule has 6 heteroatoms. The number of thioether (sulfide) groups is 1. The fourth-order valence-electron chi connectivity index (χ4n) is 2.26. The van der Waals surface area contributed by atoms with Gasteiger partial charge in [-0.05, 0) is 43.7 Å². The summed E-state index contributed by atoms with van der Waals surface area (Å²) >= 11 is 1.30. The molecule has 26 heavy (non-hydrogen) atoms. The maximum Gasteiger partial charge on any atom is 0.237 e. The number of rotatable bonds is 8. The Kier molecular flexibility index (Phi) is 7.69. The van der Waals surface area contributed by atoms with Crippen molar-refractivity contribution in [3.63, 3.8) is 0 Å². The van der Waals surface area contributed by atoms with Gasteiger partial charge in [-0.15, -0.1) is 11.8 Å². The summed E-state index contributed by atoms with van der Waals surface area (Å²) in [5, 5.41) is 5.36. The molecule has 0 fully saturated rings. The topological polar surface area (TPSA) is 67.4 Å². The lowest BCUT2D eigenvalue weighted by Crippen LogP contribution is -2.25. The van der Waals surface area contributed by atoms with Gasteiger partial charge < -0.3 is 15.4 Å². The summed E-state index contributed by atoms with van der Waals surface area (Å²) in [7, 11) is 1.63. The molecule has 0 saturated carbocycles. The van der Waals surface area contributed by atoms with Crippen molar-refractivity contribution in [1.29, 1.82) is 0 Å². The van der Waals surface area contributed by atoms with Crippen molar-refractivity contribution in [3.8, 4) is 0 Å². The highest BCUT2D eigenvalue weighted by Crippen LogP contribution is 2.17. The molecule has 5 nitrogen and oxygen atoms in total. The number of hydrogen-bond donors (Lipinski definition) is 2. The molecule has 0 heterocycles. The second-order valence-corrected chi connectivity index (χ2v) is 7.32. The van der Waals surface area contributed by atoms with Gasteiger partial charge in [-0.25, -0.2) is 0 Å². The average Bonchev–Trinajstić information content (AvgIpc) is 2.62. The standard InChI is InChI=1S/C20H24N2O3S/c1-14-7-9-17(10-8-14)21-19(23)13-26-15(2)20(24)22-18-6-4-5-16(11-18)12-25-3/h4-11,15H,12-13H2,1-3H3,(H,21,23)(H,22,24). The molecule has 0 aliphatic heterocycles. The zero-order valence-electron chi connectivity index (χ0n) is 15.2. The molecule has 2 aromatic carbocycles. The predicted molar refractivity (Wildman–Crippen MR) is 108 cm³/mol. The fraction of sp³-hybridized carbons (Fsp3) is 0.300. The van der Waals surface area contributed by atoms with Gasteiger partial charge in [0, 0.05) is 18.5 Å². The van der Waals surface area contributed by atoms with Gasteiger partial charge in [0.25, 0.3) is 0 Å². The first kappa shape index (κ1) is 20.0. The molecule has 0 aliphatic rings. The molecular formula is C20H24N2O3S. The molecule has 138 valence electrons. The van der Waals surface area contributed by atoms with Gasteiger partial charge in [0.15, 0.2) is 0 Å². The van der Waals surface area contributed by atoms with Crippen LogP contribution >= 0.6 is 11.8 Å². The van der Waals surface area contributed by atoms with E-state index in [1.165, 1.54) is 11.8 Å². The summed E-state index contributed by atoms with van der Waals surface area (Å²) in [4.78, 5) is 24.3. The number of aryl methyl sites for hydroxylation is 1. The summed E-state index contributed by atoms with van der Waals surface area (Å²) in [5.41, 5.74) is 3.61. The predicted octanol–water partition coefficient (Wildman–Crippen LogP) is 3.84. The number of nitrogens with one attached hydrogen (secondary N) is 2. The van der Waals surface area contributed by atoms with Crippen LogP contribution in [0.5, 0.6) is 0 Å². The van der Waals surface area contributed by atoms with Crippen LogP contribution in [0.4, 0.5) is 11.4 Å². The first-order valence-corrected chi connectivity index (χ1v) is 9.39. The van der Waals surface area contributed by atoms with Crippen LogP contribution in [-0.4, -0.2) is 29.9 Å². The Balaban J connectivity index is 1.80. The zero-order chi connectivity index (χ0) is 18.9. The molecule has 0 spiro atoms. The van der Waals surface area contributed by atoms with E-state index in [1.54, 1.807) is 14.0 Å². The van der Waals surface area contributed by atoms with Crippen molar-refractivity contribution in [2.45, 2.75) is 25.7 Å². The third-order valence-corrected chi connectivity index (χ3v) is 4.82. The molecule has 1 atom stereocenters. The molecule has 0 aliphatic carbocycles. The van der Waals surface area contributed by atoms with Crippen LogP contribution in [0.2, 0.25) is 0 Å². The Morgan fingerprint density at radius 2 is 1.81 bits per heavy atom. The van der Waals surface area contributed by atoms with Gasteiger partial charge in [0.1, 0.15) is 0 Å². The van der Waals surface area contributed by atoms with E-state index in [0.717, 1.165) is 22.5 Å². The quantitative estimate of drug-likeness (QED) is 0.739. The number of amides is 2. The van der Waals surface area contributed by atoms with E-state index >= 15 is 0 Å². The van der Waals surface area contributed by atoms with Crippen LogP contribution in [0.1, 0.15) is 18.1 Å². The number of anilines is 2. The minimum absolute atomic E-state index is 0.124. The van der Waals surface area contributed by atoms with Crippen molar-refractivity contribution in [2.75, 3.05) is 23.5 Å². The monoisotopic (exact) mass is 372 g/mol. The fourth-order valence-corrected chi connectivity index (χ4v) is 2.94. The Hall–Kier alpha value is -2.31. The second-order valence-electron chi connectivity index (χ2n) is 5.99. The maximum atomic E-state index is 12.3. The molecule has 2 amide bonds. The summed E-state index contributed by atoms with van der Waals surface area (Å²) < 4.78 is 5.09. The van der Waals surface area contributed by atoms with Crippen molar-refractivity contribution >= 4 is 35.0 Å². The van der Waals surface area contributed by atoms with Crippen molar-refractivity contribution in [3.05, 3.63) is 59.7 Å². The lowest BCUT2D eigenvalue weighted by Gasteiger charge is -2.13. The molecular weight excluding hydrogens is 348 g/mol. The SMILES string of the molecule is COCc1cccc(NC(=O)C(C)SCC(=O)Nc2ccc(C)cc2)c1. The molecule has 0 saturated heterocycles. The molecule has 2 rings (SSSR count). The lowest BCUT2D eigenvalue weighted by atomic mass is 10.2. The van der Waals surface area contributed by atoms with E-state index in [4.69, 9.17) is 4.74 Å². The number of carbonyl (C=O) groups is 2. The molecule has 0 aromatic heterocycles. The van der Waals surface area contributed by atoms with Crippen LogP contribution in [0, 0.1) is 6.92 Å². The van der Waals surface area contributed by atoms with Crippen molar-refractivity contribution in [1.82, 2.24) is 0 Å².